The Kier molecular flexibility index (Phi) is 5.11. The summed E-state index contributed by atoms with van der Waals surface area (Å²) in [6.07, 6.45) is 0.808. The predicted octanol–water partition coefficient (Wildman–Crippen LogP) is 1.62. The maximum Gasteiger partial charge on any atom is 0.274 e. The summed E-state index contributed by atoms with van der Waals surface area (Å²) in [4.78, 5) is 18.7. The number of amides is 1. The van der Waals surface area contributed by atoms with Crippen molar-refractivity contribution in [3.05, 3.63) is 35.5 Å². The lowest BCUT2D eigenvalue weighted by Crippen LogP contribution is -2.43. The van der Waals surface area contributed by atoms with Gasteiger partial charge in [0.25, 0.3) is 5.91 Å². The Balaban J connectivity index is 1.59. The van der Waals surface area contributed by atoms with E-state index in [2.05, 4.69) is 22.1 Å². The molecule has 1 aliphatic rings. The van der Waals surface area contributed by atoms with Crippen molar-refractivity contribution in [3.63, 3.8) is 0 Å². The van der Waals surface area contributed by atoms with E-state index >= 15 is 0 Å². The van der Waals surface area contributed by atoms with Crippen LogP contribution in [0.2, 0.25) is 0 Å². The lowest BCUT2D eigenvalue weighted by atomic mass is 10.2. The lowest BCUT2D eigenvalue weighted by Gasteiger charge is -2.32. The topological polar surface area (TPSA) is 58.9 Å². The molecule has 3 heterocycles. The SMILES string of the molecule is CCN1CCO[C@H](CCNC(=O)c2nc3cccc(C)n3c2F)C1. The average molecular weight is 334 g/mol. The number of hydrogen-bond donors (Lipinski definition) is 1. The molecule has 1 aliphatic heterocycles. The molecule has 24 heavy (non-hydrogen) atoms. The molecule has 0 saturated carbocycles. The van der Waals surface area contributed by atoms with Crippen molar-refractivity contribution in [2.24, 2.45) is 0 Å². The highest BCUT2D eigenvalue weighted by Gasteiger charge is 2.22. The maximum absolute atomic E-state index is 14.4. The van der Waals surface area contributed by atoms with Gasteiger partial charge < -0.3 is 10.1 Å². The molecule has 1 fully saturated rings. The van der Waals surface area contributed by atoms with Crippen LogP contribution in [-0.2, 0) is 4.74 Å². The van der Waals surface area contributed by atoms with E-state index in [1.807, 2.05) is 0 Å². The number of aryl methyl sites for hydroxylation is 1. The molecule has 1 N–H and O–H groups in total. The first kappa shape index (κ1) is 16.9. The number of likely N-dealkylation sites (N-methyl/N-ethyl adjacent to an activating group) is 1. The standard InChI is InChI=1S/C17H23FN4O2/c1-3-21-9-10-24-13(11-21)7-8-19-17(23)15-16(18)22-12(2)5-4-6-14(22)20-15/h4-6,13H,3,7-11H2,1-2H3,(H,19,23)/t13-/m1/s1. The number of imidazole rings is 1. The highest BCUT2D eigenvalue weighted by molar-refractivity contribution is 5.93. The molecule has 1 atom stereocenters. The number of morpholine rings is 1. The van der Waals surface area contributed by atoms with Gasteiger partial charge in [0.05, 0.1) is 12.7 Å². The fraction of sp³-hybridized carbons (Fsp3) is 0.529. The summed E-state index contributed by atoms with van der Waals surface area (Å²) in [7, 11) is 0. The van der Waals surface area contributed by atoms with Crippen LogP contribution >= 0.6 is 0 Å². The number of fused-ring (bicyclic) bond motifs is 1. The van der Waals surface area contributed by atoms with Crippen molar-refractivity contribution in [2.75, 3.05) is 32.8 Å². The number of carbonyl (C=O) groups is 1. The molecule has 2 aromatic heterocycles. The van der Waals surface area contributed by atoms with Crippen molar-refractivity contribution < 1.29 is 13.9 Å². The molecule has 3 rings (SSSR count). The third-order valence-corrected chi connectivity index (χ3v) is 4.42. The Morgan fingerprint density at radius 2 is 2.33 bits per heavy atom. The Bertz CT molecular complexity index is 731. The van der Waals surface area contributed by atoms with Crippen molar-refractivity contribution in [3.8, 4) is 0 Å². The van der Waals surface area contributed by atoms with E-state index in [4.69, 9.17) is 4.74 Å². The van der Waals surface area contributed by atoms with Crippen molar-refractivity contribution in [1.82, 2.24) is 19.6 Å². The van der Waals surface area contributed by atoms with Crippen molar-refractivity contribution in [2.45, 2.75) is 26.4 Å². The second kappa shape index (κ2) is 7.27. The number of pyridine rings is 1. The van der Waals surface area contributed by atoms with Gasteiger partial charge in [-0.2, -0.15) is 4.39 Å². The Labute approximate surface area is 140 Å². The molecule has 0 bridgehead atoms. The van der Waals surface area contributed by atoms with E-state index in [0.717, 1.165) is 19.6 Å². The molecule has 0 aromatic carbocycles. The Morgan fingerprint density at radius 3 is 3.08 bits per heavy atom. The van der Waals surface area contributed by atoms with Crippen LogP contribution in [-0.4, -0.2) is 59.1 Å². The first-order valence-electron chi connectivity index (χ1n) is 8.36. The number of nitrogens with one attached hydrogen (secondary N) is 1. The van der Waals surface area contributed by atoms with E-state index in [9.17, 15) is 9.18 Å². The number of nitrogens with zero attached hydrogens (tertiary/aromatic N) is 3. The summed E-state index contributed by atoms with van der Waals surface area (Å²) in [5.41, 5.74) is 0.975. The van der Waals surface area contributed by atoms with Gasteiger partial charge in [-0.1, -0.05) is 13.0 Å². The van der Waals surface area contributed by atoms with E-state index in [0.29, 0.717) is 30.9 Å². The quantitative estimate of drug-likeness (QED) is 0.903. The van der Waals surface area contributed by atoms with Crippen LogP contribution in [0.25, 0.3) is 5.65 Å². The minimum atomic E-state index is -0.619. The van der Waals surface area contributed by atoms with Crippen molar-refractivity contribution in [1.29, 1.82) is 0 Å². The van der Waals surface area contributed by atoms with Crippen molar-refractivity contribution >= 4 is 11.6 Å². The molecule has 130 valence electrons. The monoisotopic (exact) mass is 334 g/mol. The number of rotatable bonds is 5. The van der Waals surface area contributed by atoms with Gasteiger partial charge >= 0.3 is 0 Å². The minimum Gasteiger partial charge on any atom is -0.375 e. The normalized spacial score (nSPS) is 18.9. The van der Waals surface area contributed by atoms with Crippen LogP contribution in [0.15, 0.2) is 18.2 Å². The molecule has 2 aromatic rings. The van der Waals surface area contributed by atoms with E-state index in [-0.39, 0.29) is 11.8 Å². The van der Waals surface area contributed by atoms with Gasteiger partial charge in [-0.3, -0.25) is 14.1 Å². The molecule has 0 radical (unpaired) electrons. The summed E-state index contributed by atoms with van der Waals surface area (Å²) in [6.45, 7) is 7.87. The molecule has 0 spiro atoms. The van der Waals surface area contributed by atoms with Gasteiger partial charge in [0, 0.05) is 25.3 Å². The largest absolute Gasteiger partial charge is 0.375 e. The van der Waals surface area contributed by atoms with Crippen LogP contribution in [0.3, 0.4) is 0 Å². The van der Waals surface area contributed by atoms with Gasteiger partial charge in [0.2, 0.25) is 5.95 Å². The van der Waals surface area contributed by atoms with Gasteiger partial charge in [-0.15, -0.1) is 0 Å². The molecule has 1 amide bonds. The highest BCUT2D eigenvalue weighted by Crippen LogP contribution is 2.14. The van der Waals surface area contributed by atoms with Gasteiger partial charge in [0.15, 0.2) is 5.69 Å². The smallest absolute Gasteiger partial charge is 0.274 e. The van der Waals surface area contributed by atoms with Gasteiger partial charge in [-0.25, -0.2) is 4.98 Å². The van der Waals surface area contributed by atoms with E-state index in [1.54, 1.807) is 25.1 Å². The third-order valence-electron chi connectivity index (χ3n) is 4.42. The first-order valence-corrected chi connectivity index (χ1v) is 8.36. The summed E-state index contributed by atoms with van der Waals surface area (Å²) < 4.78 is 21.5. The number of halogens is 1. The third kappa shape index (κ3) is 3.42. The maximum atomic E-state index is 14.4. The second-order valence-electron chi connectivity index (χ2n) is 6.04. The summed E-state index contributed by atoms with van der Waals surface area (Å²) >= 11 is 0. The Hall–Kier alpha value is -1.99. The molecule has 1 saturated heterocycles. The highest BCUT2D eigenvalue weighted by atomic mass is 19.1. The molecular weight excluding hydrogens is 311 g/mol. The second-order valence-corrected chi connectivity index (χ2v) is 6.04. The molecular formula is C17H23FN4O2. The van der Waals surface area contributed by atoms with Crippen LogP contribution in [0.1, 0.15) is 29.5 Å². The zero-order chi connectivity index (χ0) is 17.1. The lowest BCUT2D eigenvalue weighted by molar-refractivity contribution is -0.0296. The summed E-state index contributed by atoms with van der Waals surface area (Å²) in [6, 6.07) is 5.25. The molecule has 7 heteroatoms. The summed E-state index contributed by atoms with van der Waals surface area (Å²) in [5.74, 6) is -1.11. The fourth-order valence-electron chi connectivity index (χ4n) is 3.03. The number of hydrogen-bond acceptors (Lipinski definition) is 4. The molecule has 6 nitrogen and oxygen atoms in total. The van der Waals surface area contributed by atoms with Gasteiger partial charge in [0.1, 0.15) is 5.65 Å². The zero-order valence-corrected chi connectivity index (χ0v) is 14.1. The van der Waals surface area contributed by atoms with Crippen LogP contribution in [0.5, 0.6) is 0 Å². The fourth-order valence-corrected chi connectivity index (χ4v) is 3.03. The number of ether oxygens (including phenoxy) is 1. The predicted molar refractivity (Wildman–Crippen MR) is 88.7 cm³/mol. The van der Waals surface area contributed by atoms with Crippen LogP contribution in [0, 0.1) is 12.9 Å². The first-order chi connectivity index (χ1) is 11.6. The van der Waals surface area contributed by atoms with E-state index in [1.165, 1.54) is 4.40 Å². The molecule has 0 aliphatic carbocycles. The van der Waals surface area contributed by atoms with E-state index < -0.39 is 11.9 Å². The Morgan fingerprint density at radius 1 is 1.50 bits per heavy atom. The molecule has 0 unspecified atom stereocenters. The van der Waals surface area contributed by atoms with Crippen LogP contribution in [0.4, 0.5) is 4.39 Å². The van der Waals surface area contributed by atoms with Crippen LogP contribution < -0.4 is 5.32 Å². The number of carbonyl (C=O) groups excluding carboxylic acids is 1. The van der Waals surface area contributed by atoms with Gasteiger partial charge in [-0.05, 0) is 32.0 Å². The summed E-state index contributed by atoms with van der Waals surface area (Å²) in [5, 5.41) is 2.75. The average Bonchev–Trinajstić information content (AvgIpc) is 2.93. The zero-order valence-electron chi connectivity index (χ0n) is 14.1. The minimum absolute atomic E-state index is 0.104. The number of aromatic nitrogens is 2.